The minimum atomic E-state index is 0.686. The molecule has 0 bridgehead atoms. The van der Waals surface area contributed by atoms with Gasteiger partial charge in [0.1, 0.15) is 12.1 Å². The van der Waals surface area contributed by atoms with E-state index in [9.17, 15) is 0 Å². The number of rotatable bonds is 5. The molecule has 2 aromatic rings. The maximum absolute atomic E-state index is 5.68. The summed E-state index contributed by atoms with van der Waals surface area (Å²) >= 11 is 0. The van der Waals surface area contributed by atoms with Crippen molar-refractivity contribution in [3.8, 4) is 11.5 Å². The van der Waals surface area contributed by atoms with Gasteiger partial charge in [-0.15, -0.1) is 0 Å². The van der Waals surface area contributed by atoms with Gasteiger partial charge in [-0.25, -0.2) is 9.97 Å². The Kier molecular flexibility index (Phi) is 7.25. The van der Waals surface area contributed by atoms with Gasteiger partial charge in [0.15, 0.2) is 11.5 Å². The zero-order valence-electron chi connectivity index (χ0n) is 15.8. The Hall–Kier alpha value is -2.08. The Bertz CT molecular complexity index is 670. The Morgan fingerprint density at radius 1 is 1.08 bits per heavy atom. The highest BCUT2D eigenvalue weighted by atomic mass is 16.5. The first-order valence-electron chi connectivity index (χ1n) is 9.08. The lowest BCUT2D eigenvalue weighted by Gasteiger charge is -2.33. The highest BCUT2D eigenvalue weighted by Crippen LogP contribution is 2.35. The molecule has 1 aromatic heterocycles. The van der Waals surface area contributed by atoms with Gasteiger partial charge in [0.25, 0.3) is 0 Å². The van der Waals surface area contributed by atoms with E-state index in [1.807, 2.05) is 26.0 Å². The quantitative estimate of drug-likeness (QED) is 0.896. The molecule has 0 saturated carbocycles. The predicted octanol–water partition coefficient (Wildman–Crippen LogP) is 3.24. The number of nitrogens with two attached hydrogens (primary N) is 1. The highest BCUT2D eigenvalue weighted by Gasteiger charge is 2.22. The Labute approximate surface area is 150 Å². The van der Waals surface area contributed by atoms with Gasteiger partial charge < -0.3 is 20.1 Å². The van der Waals surface area contributed by atoms with Crippen LogP contribution in [0, 0.1) is 5.92 Å². The molecular weight excluding hydrogens is 316 g/mol. The number of benzene rings is 1. The number of piperidine rings is 1. The van der Waals surface area contributed by atoms with Gasteiger partial charge in [0.05, 0.1) is 19.7 Å². The third-order valence-corrected chi connectivity index (χ3v) is 4.61. The third kappa shape index (κ3) is 4.31. The van der Waals surface area contributed by atoms with E-state index in [4.69, 9.17) is 15.2 Å². The van der Waals surface area contributed by atoms with E-state index in [2.05, 4.69) is 14.9 Å². The minimum Gasteiger partial charge on any atom is -0.493 e. The van der Waals surface area contributed by atoms with Gasteiger partial charge in [0, 0.05) is 24.5 Å². The van der Waals surface area contributed by atoms with Crippen molar-refractivity contribution in [2.24, 2.45) is 11.7 Å². The van der Waals surface area contributed by atoms with Crippen LogP contribution in [-0.2, 0) is 0 Å². The van der Waals surface area contributed by atoms with Crippen LogP contribution in [0.25, 0.3) is 10.9 Å². The molecule has 1 aromatic carbocycles. The molecule has 6 heteroatoms. The number of hydrogen-bond acceptors (Lipinski definition) is 6. The largest absolute Gasteiger partial charge is 0.493 e. The number of ether oxygens (including phenoxy) is 2. The molecule has 0 unspecified atom stereocenters. The molecule has 6 nitrogen and oxygen atoms in total. The standard InChI is InChI=1S/C17H24N4O2.C2H6/c1-22-15-9-13-14(10-16(15)23-2)19-11-20-17(13)21-7-4-12(3-6-18)5-8-21;1-2/h9-12H,3-8,18H2,1-2H3;1-2H3. The fraction of sp³-hybridized carbons (Fsp3) is 0.579. The summed E-state index contributed by atoms with van der Waals surface area (Å²) in [4.78, 5) is 11.2. The van der Waals surface area contributed by atoms with E-state index in [0.717, 1.165) is 61.5 Å². The topological polar surface area (TPSA) is 73.5 Å². The normalized spacial score (nSPS) is 14.8. The van der Waals surface area contributed by atoms with E-state index in [-0.39, 0.29) is 0 Å². The fourth-order valence-corrected chi connectivity index (χ4v) is 3.29. The summed E-state index contributed by atoms with van der Waals surface area (Å²) in [7, 11) is 3.28. The third-order valence-electron chi connectivity index (χ3n) is 4.61. The molecule has 1 fully saturated rings. The van der Waals surface area contributed by atoms with Crippen molar-refractivity contribution >= 4 is 16.7 Å². The Morgan fingerprint density at radius 2 is 1.72 bits per heavy atom. The van der Waals surface area contributed by atoms with Crippen molar-refractivity contribution in [3.63, 3.8) is 0 Å². The van der Waals surface area contributed by atoms with Gasteiger partial charge in [-0.2, -0.15) is 0 Å². The molecule has 0 aliphatic carbocycles. The van der Waals surface area contributed by atoms with Crippen LogP contribution in [0.4, 0.5) is 5.82 Å². The first-order chi connectivity index (χ1) is 12.3. The highest BCUT2D eigenvalue weighted by molar-refractivity contribution is 5.92. The van der Waals surface area contributed by atoms with E-state index in [1.54, 1.807) is 20.5 Å². The first-order valence-corrected chi connectivity index (χ1v) is 9.08. The smallest absolute Gasteiger partial charge is 0.162 e. The van der Waals surface area contributed by atoms with Crippen LogP contribution in [-0.4, -0.2) is 43.8 Å². The molecule has 1 aliphatic heterocycles. The second-order valence-corrected chi connectivity index (χ2v) is 5.93. The molecule has 2 heterocycles. The second-order valence-electron chi connectivity index (χ2n) is 5.93. The summed E-state index contributed by atoms with van der Waals surface area (Å²) in [6.07, 6.45) is 5.06. The second kappa shape index (κ2) is 9.42. The van der Waals surface area contributed by atoms with Crippen molar-refractivity contribution in [2.75, 3.05) is 38.8 Å². The lowest BCUT2D eigenvalue weighted by molar-refractivity contribution is 0.355. The SMILES string of the molecule is CC.COc1cc2ncnc(N3CCC(CCN)CC3)c2cc1OC. The molecule has 0 spiro atoms. The summed E-state index contributed by atoms with van der Waals surface area (Å²) in [6.45, 7) is 6.79. The zero-order chi connectivity index (χ0) is 18.2. The minimum absolute atomic E-state index is 0.686. The molecule has 0 radical (unpaired) electrons. The van der Waals surface area contributed by atoms with Crippen LogP contribution >= 0.6 is 0 Å². The van der Waals surface area contributed by atoms with Gasteiger partial charge in [0.2, 0.25) is 0 Å². The van der Waals surface area contributed by atoms with Crippen molar-refractivity contribution in [3.05, 3.63) is 18.5 Å². The molecule has 25 heavy (non-hydrogen) atoms. The van der Waals surface area contributed by atoms with Crippen molar-refractivity contribution in [1.82, 2.24) is 9.97 Å². The van der Waals surface area contributed by atoms with Crippen LogP contribution in [0.15, 0.2) is 18.5 Å². The van der Waals surface area contributed by atoms with E-state index in [1.165, 1.54) is 0 Å². The number of fused-ring (bicyclic) bond motifs is 1. The number of methoxy groups -OCH3 is 2. The summed E-state index contributed by atoms with van der Waals surface area (Å²) in [5.74, 6) is 3.10. The Morgan fingerprint density at radius 3 is 2.32 bits per heavy atom. The number of hydrogen-bond donors (Lipinski definition) is 1. The summed E-state index contributed by atoms with van der Waals surface area (Å²) in [5, 5.41) is 1.00. The summed E-state index contributed by atoms with van der Waals surface area (Å²) in [6, 6.07) is 3.87. The lowest BCUT2D eigenvalue weighted by Crippen LogP contribution is -2.35. The maximum atomic E-state index is 5.68. The average molecular weight is 346 g/mol. The lowest BCUT2D eigenvalue weighted by atomic mass is 9.93. The average Bonchev–Trinajstić information content (AvgIpc) is 2.69. The fourth-order valence-electron chi connectivity index (χ4n) is 3.29. The zero-order valence-corrected chi connectivity index (χ0v) is 15.8. The van der Waals surface area contributed by atoms with Crippen molar-refractivity contribution in [2.45, 2.75) is 33.1 Å². The first kappa shape index (κ1) is 19.2. The van der Waals surface area contributed by atoms with E-state index in [0.29, 0.717) is 11.5 Å². The summed E-state index contributed by atoms with van der Waals surface area (Å²) in [5.41, 5.74) is 6.55. The van der Waals surface area contributed by atoms with Crippen LogP contribution in [0.3, 0.4) is 0 Å². The van der Waals surface area contributed by atoms with Crippen LogP contribution in [0.5, 0.6) is 11.5 Å². The monoisotopic (exact) mass is 346 g/mol. The molecular formula is C19H30N4O2. The molecule has 3 rings (SSSR count). The van der Waals surface area contributed by atoms with Crippen LogP contribution < -0.4 is 20.1 Å². The van der Waals surface area contributed by atoms with E-state index >= 15 is 0 Å². The molecule has 0 amide bonds. The summed E-state index contributed by atoms with van der Waals surface area (Å²) < 4.78 is 10.8. The van der Waals surface area contributed by atoms with Crippen LogP contribution in [0.1, 0.15) is 33.1 Å². The maximum Gasteiger partial charge on any atom is 0.162 e. The number of nitrogens with zero attached hydrogens (tertiary/aromatic N) is 3. The van der Waals surface area contributed by atoms with Gasteiger partial charge in [-0.1, -0.05) is 13.8 Å². The van der Waals surface area contributed by atoms with Crippen molar-refractivity contribution < 1.29 is 9.47 Å². The van der Waals surface area contributed by atoms with Crippen molar-refractivity contribution in [1.29, 1.82) is 0 Å². The molecule has 0 atom stereocenters. The predicted molar refractivity (Wildman–Crippen MR) is 103 cm³/mol. The van der Waals surface area contributed by atoms with Gasteiger partial charge in [-0.3, -0.25) is 0 Å². The Balaban J connectivity index is 0.00000109. The van der Waals surface area contributed by atoms with Gasteiger partial charge in [-0.05, 0) is 37.8 Å². The molecule has 1 saturated heterocycles. The number of anilines is 1. The number of aromatic nitrogens is 2. The molecule has 2 N–H and O–H groups in total. The van der Waals surface area contributed by atoms with Crippen LogP contribution in [0.2, 0.25) is 0 Å². The van der Waals surface area contributed by atoms with E-state index < -0.39 is 0 Å². The molecule has 138 valence electrons. The molecule has 1 aliphatic rings. The van der Waals surface area contributed by atoms with Gasteiger partial charge >= 0.3 is 0 Å².